The van der Waals surface area contributed by atoms with Gasteiger partial charge in [-0.15, -0.1) is 0 Å². The minimum atomic E-state index is 0.346. The Balaban J connectivity index is 2.33. The standard InChI is InChI=1S/C14H15N3OS/c1-17(11-5-3-4-6-12(11)18-2)13-8-7-10(9-16-13)14(15)19/h3-9H,1-2H3,(H2,15,19). The van der Waals surface area contributed by atoms with Crippen LogP contribution >= 0.6 is 12.2 Å². The molecule has 98 valence electrons. The van der Waals surface area contributed by atoms with Crippen LogP contribution in [0.25, 0.3) is 0 Å². The third kappa shape index (κ3) is 2.82. The van der Waals surface area contributed by atoms with E-state index in [1.807, 2.05) is 48.3 Å². The first kappa shape index (κ1) is 13.3. The smallest absolute Gasteiger partial charge is 0.142 e. The number of pyridine rings is 1. The monoisotopic (exact) mass is 273 g/mol. The Morgan fingerprint density at radius 3 is 2.58 bits per heavy atom. The third-order valence-electron chi connectivity index (χ3n) is 2.82. The van der Waals surface area contributed by atoms with Gasteiger partial charge in [0.15, 0.2) is 0 Å². The number of hydrogen-bond acceptors (Lipinski definition) is 4. The second-order valence-corrected chi connectivity index (χ2v) is 4.44. The Bertz CT molecular complexity index is 583. The van der Waals surface area contributed by atoms with Crippen molar-refractivity contribution in [2.75, 3.05) is 19.1 Å². The molecule has 0 radical (unpaired) electrons. The maximum atomic E-state index is 5.55. The summed E-state index contributed by atoms with van der Waals surface area (Å²) in [5.41, 5.74) is 7.26. The van der Waals surface area contributed by atoms with Crippen molar-refractivity contribution in [2.24, 2.45) is 5.73 Å². The molecule has 0 fully saturated rings. The van der Waals surface area contributed by atoms with Gasteiger partial charge in [-0.3, -0.25) is 0 Å². The summed E-state index contributed by atoms with van der Waals surface area (Å²) in [6.45, 7) is 0. The first-order chi connectivity index (χ1) is 9.13. The van der Waals surface area contributed by atoms with Gasteiger partial charge in [-0.25, -0.2) is 4.98 Å². The molecule has 0 saturated heterocycles. The first-order valence-corrected chi connectivity index (χ1v) is 6.17. The molecule has 0 saturated carbocycles. The maximum Gasteiger partial charge on any atom is 0.142 e. The van der Waals surface area contributed by atoms with Crippen molar-refractivity contribution in [1.29, 1.82) is 0 Å². The summed E-state index contributed by atoms with van der Waals surface area (Å²) in [6.07, 6.45) is 1.67. The molecule has 2 aromatic rings. The predicted molar refractivity (Wildman–Crippen MR) is 81.2 cm³/mol. The average molecular weight is 273 g/mol. The summed E-state index contributed by atoms with van der Waals surface area (Å²) in [4.78, 5) is 6.65. The van der Waals surface area contributed by atoms with E-state index in [-0.39, 0.29) is 0 Å². The van der Waals surface area contributed by atoms with Gasteiger partial charge in [0, 0.05) is 18.8 Å². The Morgan fingerprint density at radius 2 is 2.00 bits per heavy atom. The number of rotatable bonds is 4. The zero-order chi connectivity index (χ0) is 13.8. The Kier molecular flexibility index (Phi) is 3.97. The molecule has 1 aromatic carbocycles. The van der Waals surface area contributed by atoms with Crippen molar-refractivity contribution in [1.82, 2.24) is 4.98 Å². The molecule has 0 atom stereocenters. The highest BCUT2D eigenvalue weighted by molar-refractivity contribution is 7.80. The van der Waals surface area contributed by atoms with Crippen molar-refractivity contribution in [2.45, 2.75) is 0 Å². The van der Waals surface area contributed by atoms with E-state index in [9.17, 15) is 0 Å². The second-order valence-electron chi connectivity index (χ2n) is 4.00. The van der Waals surface area contributed by atoms with Crippen LogP contribution in [0.2, 0.25) is 0 Å². The Labute approximate surface area is 117 Å². The molecule has 0 aliphatic rings. The number of methoxy groups -OCH3 is 1. The SMILES string of the molecule is COc1ccccc1N(C)c1ccc(C(N)=S)cn1. The normalized spacial score (nSPS) is 10.0. The number of thiocarbonyl (C=S) groups is 1. The largest absolute Gasteiger partial charge is 0.495 e. The molecular weight excluding hydrogens is 258 g/mol. The number of aromatic nitrogens is 1. The minimum Gasteiger partial charge on any atom is -0.495 e. The lowest BCUT2D eigenvalue weighted by Gasteiger charge is -2.20. The summed E-state index contributed by atoms with van der Waals surface area (Å²) in [6, 6.07) is 11.5. The minimum absolute atomic E-state index is 0.346. The quantitative estimate of drug-likeness (QED) is 0.867. The summed E-state index contributed by atoms with van der Waals surface area (Å²) in [7, 11) is 3.58. The van der Waals surface area contributed by atoms with Crippen LogP contribution in [0.5, 0.6) is 5.75 Å². The van der Waals surface area contributed by atoms with E-state index in [4.69, 9.17) is 22.7 Å². The molecule has 5 heteroatoms. The number of ether oxygens (including phenoxy) is 1. The van der Waals surface area contributed by atoms with Gasteiger partial charge in [-0.05, 0) is 24.3 Å². The predicted octanol–water partition coefficient (Wildman–Crippen LogP) is 2.49. The summed E-state index contributed by atoms with van der Waals surface area (Å²) in [5.74, 6) is 1.59. The number of nitrogens with zero attached hydrogens (tertiary/aromatic N) is 2. The molecule has 2 N–H and O–H groups in total. The molecule has 0 spiro atoms. The van der Waals surface area contributed by atoms with Crippen LogP contribution in [-0.4, -0.2) is 24.1 Å². The number of benzene rings is 1. The molecule has 0 aliphatic heterocycles. The molecule has 1 aromatic heterocycles. The summed E-state index contributed by atoms with van der Waals surface area (Å²) < 4.78 is 5.34. The van der Waals surface area contributed by atoms with Gasteiger partial charge in [-0.2, -0.15) is 0 Å². The van der Waals surface area contributed by atoms with Crippen LogP contribution in [0.3, 0.4) is 0 Å². The fourth-order valence-corrected chi connectivity index (χ4v) is 1.88. The second kappa shape index (κ2) is 5.67. The van der Waals surface area contributed by atoms with Crippen LogP contribution in [-0.2, 0) is 0 Å². The molecule has 2 rings (SSSR count). The third-order valence-corrected chi connectivity index (χ3v) is 3.06. The summed E-state index contributed by atoms with van der Waals surface area (Å²) in [5, 5.41) is 0. The van der Waals surface area contributed by atoms with Crippen LogP contribution < -0.4 is 15.4 Å². The van der Waals surface area contributed by atoms with E-state index in [1.54, 1.807) is 13.3 Å². The Hall–Kier alpha value is -2.14. The van der Waals surface area contributed by atoms with Crippen molar-refractivity contribution in [3.63, 3.8) is 0 Å². The van der Waals surface area contributed by atoms with E-state index in [0.29, 0.717) is 4.99 Å². The molecule has 0 aliphatic carbocycles. The van der Waals surface area contributed by atoms with Gasteiger partial charge in [-0.1, -0.05) is 24.4 Å². The number of nitrogens with two attached hydrogens (primary N) is 1. The van der Waals surface area contributed by atoms with E-state index >= 15 is 0 Å². The molecule has 1 heterocycles. The topological polar surface area (TPSA) is 51.4 Å². The molecule has 0 unspecified atom stereocenters. The molecular formula is C14H15N3OS. The highest BCUT2D eigenvalue weighted by Gasteiger charge is 2.10. The van der Waals surface area contributed by atoms with Crippen LogP contribution in [0.15, 0.2) is 42.6 Å². The van der Waals surface area contributed by atoms with Gasteiger partial charge < -0.3 is 15.4 Å². The maximum absolute atomic E-state index is 5.55. The van der Waals surface area contributed by atoms with E-state index < -0.39 is 0 Å². The van der Waals surface area contributed by atoms with Crippen molar-refractivity contribution < 1.29 is 4.74 Å². The fraction of sp³-hybridized carbons (Fsp3) is 0.143. The van der Waals surface area contributed by atoms with Crippen LogP contribution in [0.4, 0.5) is 11.5 Å². The van der Waals surface area contributed by atoms with Crippen LogP contribution in [0.1, 0.15) is 5.56 Å². The van der Waals surface area contributed by atoms with E-state index in [2.05, 4.69) is 4.98 Å². The highest BCUT2D eigenvalue weighted by atomic mass is 32.1. The van der Waals surface area contributed by atoms with Gasteiger partial charge in [0.2, 0.25) is 0 Å². The van der Waals surface area contributed by atoms with E-state index in [1.165, 1.54) is 0 Å². The molecule has 4 nitrogen and oxygen atoms in total. The van der Waals surface area contributed by atoms with Crippen molar-refractivity contribution in [3.05, 3.63) is 48.2 Å². The lowest BCUT2D eigenvalue weighted by atomic mass is 10.2. The van der Waals surface area contributed by atoms with Gasteiger partial charge in [0.1, 0.15) is 16.6 Å². The highest BCUT2D eigenvalue weighted by Crippen LogP contribution is 2.30. The van der Waals surface area contributed by atoms with Gasteiger partial charge >= 0.3 is 0 Å². The first-order valence-electron chi connectivity index (χ1n) is 5.76. The van der Waals surface area contributed by atoms with Crippen molar-refractivity contribution in [3.8, 4) is 5.75 Å². The molecule has 19 heavy (non-hydrogen) atoms. The number of para-hydroxylation sites is 2. The van der Waals surface area contributed by atoms with Crippen molar-refractivity contribution >= 4 is 28.7 Å². The van der Waals surface area contributed by atoms with Crippen LogP contribution in [0, 0.1) is 0 Å². The fourth-order valence-electron chi connectivity index (χ4n) is 1.76. The lowest BCUT2D eigenvalue weighted by Crippen LogP contribution is -2.14. The average Bonchev–Trinajstić information content (AvgIpc) is 2.46. The number of hydrogen-bond donors (Lipinski definition) is 1. The Morgan fingerprint density at radius 1 is 1.26 bits per heavy atom. The lowest BCUT2D eigenvalue weighted by molar-refractivity contribution is 0.415. The molecule has 0 bridgehead atoms. The van der Waals surface area contributed by atoms with Gasteiger partial charge in [0.25, 0.3) is 0 Å². The number of anilines is 2. The molecule has 0 amide bonds. The zero-order valence-electron chi connectivity index (χ0n) is 10.8. The summed E-state index contributed by atoms with van der Waals surface area (Å²) >= 11 is 4.91. The van der Waals surface area contributed by atoms with E-state index in [0.717, 1.165) is 22.8 Å². The zero-order valence-corrected chi connectivity index (χ0v) is 11.6. The van der Waals surface area contributed by atoms with Gasteiger partial charge in [0.05, 0.1) is 12.8 Å².